The zero-order valence-electron chi connectivity index (χ0n) is 6.08. The second-order valence-electron chi connectivity index (χ2n) is 1.99. The Morgan fingerprint density at radius 2 is 2.08 bits per heavy atom. The summed E-state index contributed by atoms with van der Waals surface area (Å²) in [5.74, 6) is -1.22. The Kier molecular flexibility index (Phi) is 3.79. The molecule has 0 aromatic heterocycles. The standard InChI is InChI=1S/C8H5FO2.H2O/c9-7-3-1-2-6(4-7)8(11)5-10;/h1-5H;1H2. The molecule has 0 radical (unpaired) electrons. The summed E-state index contributed by atoms with van der Waals surface area (Å²) in [6.07, 6.45) is 0.161. The maximum atomic E-state index is 12.4. The highest BCUT2D eigenvalue weighted by molar-refractivity contribution is 6.33. The molecule has 3 nitrogen and oxygen atoms in total. The molecule has 1 rings (SSSR count). The van der Waals surface area contributed by atoms with E-state index in [1.807, 2.05) is 0 Å². The first kappa shape index (κ1) is 10.4. The van der Waals surface area contributed by atoms with Crippen molar-refractivity contribution in [1.29, 1.82) is 0 Å². The molecule has 0 saturated carbocycles. The summed E-state index contributed by atoms with van der Waals surface area (Å²) in [6, 6.07) is 5.00. The SMILES string of the molecule is O.O=CC(=O)c1cccc(F)c1. The Morgan fingerprint density at radius 1 is 1.42 bits per heavy atom. The van der Waals surface area contributed by atoms with Gasteiger partial charge < -0.3 is 5.48 Å². The topological polar surface area (TPSA) is 65.6 Å². The zero-order valence-corrected chi connectivity index (χ0v) is 6.08. The molecule has 64 valence electrons. The predicted molar refractivity (Wildman–Crippen MR) is 40.4 cm³/mol. The molecule has 0 aliphatic heterocycles. The highest BCUT2D eigenvalue weighted by Gasteiger charge is 2.02. The van der Waals surface area contributed by atoms with Crippen molar-refractivity contribution in [2.75, 3.05) is 0 Å². The lowest BCUT2D eigenvalue weighted by Crippen LogP contribution is -1.99. The number of halogens is 1. The lowest BCUT2D eigenvalue weighted by molar-refractivity contribution is -0.104. The van der Waals surface area contributed by atoms with E-state index in [0.717, 1.165) is 6.07 Å². The molecule has 1 aromatic rings. The Bertz CT molecular complexity index is 296. The number of carbonyl (C=O) groups is 2. The lowest BCUT2D eigenvalue weighted by Gasteiger charge is -1.91. The molecule has 0 atom stereocenters. The monoisotopic (exact) mass is 170 g/mol. The third-order valence-corrected chi connectivity index (χ3v) is 1.22. The van der Waals surface area contributed by atoms with Crippen molar-refractivity contribution >= 4 is 12.1 Å². The highest BCUT2D eigenvalue weighted by atomic mass is 19.1. The van der Waals surface area contributed by atoms with Gasteiger partial charge in [-0.2, -0.15) is 0 Å². The quantitative estimate of drug-likeness (QED) is 0.366. The molecule has 12 heavy (non-hydrogen) atoms. The molecule has 0 aliphatic carbocycles. The molecule has 0 bridgehead atoms. The number of hydrogen-bond donors (Lipinski definition) is 0. The Balaban J connectivity index is 0.00000121. The van der Waals surface area contributed by atoms with Crippen LogP contribution >= 0.6 is 0 Å². The van der Waals surface area contributed by atoms with E-state index < -0.39 is 11.6 Å². The minimum atomic E-state index is -0.704. The van der Waals surface area contributed by atoms with E-state index in [1.54, 1.807) is 0 Å². The third-order valence-electron chi connectivity index (χ3n) is 1.22. The average molecular weight is 170 g/mol. The van der Waals surface area contributed by atoms with Gasteiger partial charge in [-0.05, 0) is 12.1 Å². The van der Waals surface area contributed by atoms with Crippen molar-refractivity contribution in [3.63, 3.8) is 0 Å². The summed E-state index contributed by atoms with van der Waals surface area (Å²) in [5.41, 5.74) is 0.0833. The maximum Gasteiger partial charge on any atom is 0.225 e. The summed E-state index contributed by atoms with van der Waals surface area (Å²) >= 11 is 0. The largest absolute Gasteiger partial charge is 0.412 e. The van der Waals surface area contributed by atoms with Crippen molar-refractivity contribution < 1.29 is 19.5 Å². The van der Waals surface area contributed by atoms with Gasteiger partial charge in [0.15, 0.2) is 6.29 Å². The van der Waals surface area contributed by atoms with E-state index in [4.69, 9.17) is 0 Å². The van der Waals surface area contributed by atoms with Crippen LogP contribution in [0.25, 0.3) is 0 Å². The van der Waals surface area contributed by atoms with Crippen molar-refractivity contribution in [2.45, 2.75) is 0 Å². The van der Waals surface area contributed by atoms with Crippen molar-refractivity contribution in [3.8, 4) is 0 Å². The fourth-order valence-corrected chi connectivity index (χ4v) is 0.710. The van der Waals surface area contributed by atoms with E-state index in [-0.39, 0.29) is 17.3 Å². The second-order valence-corrected chi connectivity index (χ2v) is 1.99. The van der Waals surface area contributed by atoms with Crippen LogP contribution < -0.4 is 0 Å². The molecule has 0 heterocycles. The van der Waals surface area contributed by atoms with E-state index in [0.29, 0.717) is 0 Å². The van der Waals surface area contributed by atoms with Crippen molar-refractivity contribution in [3.05, 3.63) is 35.6 Å². The molecule has 4 heteroatoms. The van der Waals surface area contributed by atoms with E-state index in [2.05, 4.69) is 0 Å². The van der Waals surface area contributed by atoms with Crippen LogP contribution in [0.4, 0.5) is 4.39 Å². The molecule has 0 aliphatic rings. The van der Waals surface area contributed by atoms with Crippen molar-refractivity contribution in [2.24, 2.45) is 0 Å². The van der Waals surface area contributed by atoms with Crippen LogP contribution in [0.15, 0.2) is 24.3 Å². The minimum absolute atomic E-state index is 0. The number of rotatable bonds is 2. The normalized spacial score (nSPS) is 8.42. The molecule has 0 saturated heterocycles. The summed E-state index contributed by atoms with van der Waals surface area (Å²) in [7, 11) is 0. The van der Waals surface area contributed by atoms with Gasteiger partial charge in [-0.3, -0.25) is 9.59 Å². The van der Waals surface area contributed by atoms with Gasteiger partial charge in [0.1, 0.15) is 5.82 Å². The summed E-state index contributed by atoms with van der Waals surface area (Å²) in [6.45, 7) is 0. The zero-order chi connectivity index (χ0) is 8.27. The molecule has 0 fully saturated rings. The highest BCUT2D eigenvalue weighted by Crippen LogP contribution is 2.02. The van der Waals surface area contributed by atoms with Crippen LogP contribution in [0, 0.1) is 5.82 Å². The minimum Gasteiger partial charge on any atom is -0.412 e. The third kappa shape index (κ3) is 2.25. The molecule has 0 unspecified atom stereocenters. The average Bonchev–Trinajstić information content (AvgIpc) is 2.03. The predicted octanol–water partition coefficient (Wildman–Crippen LogP) is 0.383. The summed E-state index contributed by atoms with van der Waals surface area (Å²) in [5, 5.41) is 0. The van der Waals surface area contributed by atoms with Crippen LogP contribution in [0.3, 0.4) is 0 Å². The van der Waals surface area contributed by atoms with Crippen molar-refractivity contribution in [1.82, 2.24) is 0 Å². The number of carbonyl (C=O) groups excluding carboxylic acids is 2. The molecular weight excluding hydrogens is 163 g/mol. The van der Waals surface area contributed by atoms with E-state index in [1.165, 1.54) is 18.2 Å². The maximum absolute atomic E-state index is 12.4. The fraction of sp³-hybridized carbons (Fsp3) is 0. The van der Waals surface area contributed by atoms with Gasteiger partial charge in [0.2, 0.25) is 5.78 Å². The smallest absolute Gasteiger partial charge is 0.225 e. The van der Waals surface area contributed by atoms with Gasteiger partial charge in [-0.25, -0.2) is 4.39 Å². The fourth-order valence-electron chi connectivity index (χ4n) is 0.710. The van der Waals surface area contributed by atoms with E-state index in [9.17, 15) is 14.0 Å². The number of hydrogen-bond acceptors (Lipinski definition) is 2. The Labute approximate surface area is 68.1 Å². The van der Waals surface area contributed by atoms with Gasteiger partial charge in [0.05, 0.1) is 0 Å². The summed E-state index contributed by atoms with van der Waals surface area (Å²) < 4.78 is 12.4. The number of aldehydes is 1. The molecule has 0 amide bonds. The van der Waals surface area contributed by atoms with Crippen LogP contribution in [0.5, 0.6) is 0 Å². The van der Waals surface area contributed by atoms with Gasteiger partial charge in [-0.15, -0.1) is 0 Å². The molecule has 1 aromatic carbocycles. The lowest BCUT2D eigenvalue weighted by atomic mass is 10.1. The summed E-state index contributed by atoms with van der Waals surface area (Å²) in [4.78, 5) is 20.6. The van der Waals surface area contributed by atoms with Gasteiger partial charge >= 0.3 is 0 Å². The number of ketones is 1. The molecular formula is C8H7FO3. The van der Waals surface area contributed by atoms with Crippen LogP contribution in [0.1, 0.15) is 10.4 Å². The van der Waals surface area contributed by atoms with Gasteiger partial charge in [0.25, 0.3) is 0 Å². The van der Waals surface area contributed by atoms with Gasteiger partial charge in [0, 0.05) is 5.56 Å². The first-order valence-corrected chi connectivity index (χ1v) is 2.99. The van der Waals surface area contributed by atoms with Crippen LogP contribution in [-0.2, 0) is 4.79 Å². The van der Waals surface area contributed by atoms with Gasteiger partial charge in [-0.1, -0.05) is 12.1 Å². The van der Waals surface area contributed by atoms with Crippen LogP contribution in [0.2, 0.25) is 0 Å². The number of Topliss-reactive ketones (excluding diaryl/α,β-unsaturated/α-hetero) is 1. The first-order chi connectivity index (χ1) is 5.24. The Hall–Kier alpha value is -1.55. The van der Waals surface area contributed by atoms with Crippen LogP contribution in [-0.4, -0.2) is 17.5 Å². The Morgan fingerprint density at radius 3 is 2.58 bits per heavy atom. The van der Waals surface area contributed by atoms with E-state index >= 15 is 0 Å². The number of benzene rings is 1. The molecule has 2 N–H and O–H groups in total. The first-order valence-electron chi connectivity index (χ1n) is 2.99. The second kappa shape index (κ2) is 4.35. The molecule has 0 spiro atoms.